The van der Waals surface area contributed by atoms with E-state index in [1.165, 1.54) is 10.4 Å². The van der Waals surface area contributed by atoms with E-state index >= 15 is 0 Å². The fourth-order valence-electron chi connectivity index (χ4n) is 2.36. The third-order valence-corrected chi connectivity index (χ3v) is 6.21. The Morgan fingerprint density at radius 1 is 1.35 bits per heavy atom. The maximum absolute atomic E-state index is 12.7. The van der Waals surface area contributed by atoms with Crippen LogP contribution in [0.3, 0.4) is 0 Å². The second-order valence-electron chi connectivity index (χ2n) is 5.83. The van der Waals surface area contributed by atoms with Gasteiger partial charge in [0.05, 0.1) is 5.02 Å². The molecule has 4 nitrogen and oxygen atoms in total. The summed E-state index contributed by atoms with van der Waals surface area (Å²) in [5.41, 5.74) is 6.10. The van der Waals surface area contributed by atoms with Crippen molar-refractivity contribution in [2.45, 2.75) is 31.7 Å². The van der Waals surface area contributed by atoms with Crippen molar-refractivity contribution in [1.29, 1.82) is 0 Å². The molecule has 0 spiro atoms. The summed E-state index contributed by atoms with van der Waals surface area (Å²) in [6.45, 7) is 5.22. The molecule has 112 valence electrons. The van der Waals surface area contributed by atoms with Gasteiger partial charge in [-0.2, -0.15) is 4.31 Å². The van der Waals surface area contributed by atoms with Crippen LogP contribution in [0.25, 0.3) is 0 Å². The molecular formula is C13H18Cl2N2O2S. The van der Waals surface area contributed by atoms with Crippen molar-refractivity contribution in [3.05, 3.63) is 27.7 Å². The average Bonchev–Trinajstić information content (AvgIpc) is 2.72. The van der Waals surface area contributed by atoms with Crippen LogP contribution in [-0.4, -0.2) is 25.8 Å². The SMILES string of the molecule is CC1(C)CCN(S(=O)(=O)c2cc(Cl)cc(CN)c2Cl)C1. The lowest BCUT2D eigenvalue weighted by Crippen LogP contribution is -2.30. The van der Waals surface area contributed by atoms with Gasteiger partial charge in [0.2, 0.25) is 10.0 Å². The molecule has 0 unspecified atom stereocenters. The van der Waals surface area contributed by atoms with Crippen LogP contribution in [0.15, 0.2) is 17.0 Å². The summed E-state index contributed by atoms with van der Waals surface area (Å²) in [5, 5.41) is 0.494. The molecule has 1 aliphatic rings. The molecule has 1 aromatic carbocycles. The van der Waals surface area contributed by atoms with E-state index < -0.39 is 10.0 Å². The van der Waals surface area contributed by atoms with Gasteiger partial charge in [-0.15, -0.1) is 0 Å². The maximum Gasteiger partial charge on any atom is 0.244 e. The molecule has 2 N–H and O–H groups in total. The summed E-state index contributed by atoms with van der Waals surface area (Å²) >= 11 is 12.1. The molecule has 1 saturated heterocycles. The van der Waals surface area contributed by atoms with Gasteiger partial charge in [0.25, 0.3) is 0 Å². The van der Waals surface area contributed by atoms with Crippen molar-refractivity contribution >= 4 is 33.2 Å². The van der Waals surface area contributed by atoms with Crippen LogP contribution < -0.4 is 5.73 Å². The van der Waals surface area contributed by atoms with E-state index in [2.05, 4.69) is 0 Å². The molecule has 0 amide bonds. The molecule has 0 aliphatic carbocycles. The molecule has 0 saturated carbocycles. The highest BCUT2D eigenvalue weighted by atomic mass is 35.5. The first-order valence-corrected chi connectivity index (χ1v) is 8.55. The van der Waals surface area contributed by atoms with Gasteiger partial charge in [-0.05, 0) is 29.5 Å². The predicted octanol–water partition coefficient (Wildman–Crippen LogP) is 2.87. The Morgan fingerprint density at radius 3 is 2.50 bits per heavy atom. The number of hydrogen-bond acceptors (Lipinski definition) is 3. The van der Waals surface area contributed by atoms with Crippen molar-refractivity contribution in [1.82, 2.24) is 4.31 Å². The number of benzene rings is 1. The summed E-state index contributed by atoms with van der Waals surface area (Å²) in [4.78, 5) is 0.0461. The van der Waals surface area contributed by atoms with Gasteiger partial charge in [0, 0.05) is 24.7 Å². The zero-order valence-electron chi connectivity index (χ0n) is 11.5. The minimum atomic E-state index is -3.63. The van der Waals surface area contributed by atoms with Crippen molar-refractivity contribution in [2.75, 3.05) is 13.1 Å². The molecule has 1 fully saturated rings. The van der Waals surface area contributed by atoms with Gasteiger partial charge in [-0.3, -0.25) is 0 Å². The van der Waals surface area contributed by atoms with Crippen LogP contribution in [0, 0.1) is 5.41 Å². The third-order valence-electron chi connectivity index (χ3n) is 3.56. The lowest BCUT2D eigenvalue weighted by molar-refractivity contribution is 0.375. The Kier molecular flexibility index (Phi) is 4.38. The minimum Gasteiger partial charge on any atom is -0.326 e. The quantitative estimate of drug-likeness (QED) is 0.922. The fourth-order valence-corrected chi connectivity index (χ4v) is 4.91. The topological polar surface area (TPSA) is 63.4 Å². The zero-order chi connectivity index (χ0) is 15.1. The van der Waals surface area contributed by atoms with Crippen LogP contribution in [0.5, 0.6) is 0 Å². The van der Waals surface area contributed by atoms with Gasteiger partial charge in [0.1, 0.15) is 4.90 Å². The van der Waals surface area contributed by atoms with Gasteiger partial charge in [-0.1, -0.05) is 37.0 Å². The molecule has 0 bridgehead atoms. The Labute approximate surface area is 129 Å². The number of sulfonamides is 1. The second kappa shape index (κ2) is 5.46. The van der Waals surface area contributed by atoms with E-state index in [1.54, 1.807) is 6.07 Å². The van der Waals surface area contributed by atoms with Crippen LogP contribution in [0.4, 0.5) is 0 Å². The summed E-state index contributed by atoms with van der Waals surface area (Å²) in [7, 11) is -3.63. The Balaban J connectivity index is 2.48. The number of nitrogens with two attached hydrogens (primary N) is 1. The molecule has 20 heavy (non-hydrogen) atoms. The molecule has 1 aromatic rings. The highest BCUT2D eigenvalue weighted by molar-refractivity contribution is 7.89. The molecule has 1 aliphatic heterocycles. The normalized spacial score (nSPS) is 19.4. The van der Waals surface area contributed by atoms with E-state index in [0.717, 1.165) is 6.42 Å². The molecule has 2 rings (SSSR count). The van der Waals surface area contributed by atoms with Crippen molar-refractivity contribution in [2.24, 2.45) is 11.1 Å². The highest BCUT2D eigenvalue weighted by Crippen LogP contribution is 2.36. The van der Waals surface area contributed by atoms with Gasteiger partial charge < -0.3 is 5.73 Å². The maximum atomic E-state index is 12.7. The van der Waals surface area contributed by atoms with Gasteiger partial charge in [0.15, 0.2) is 0 Å². The second-order valence-corrected chi connectivity index (χ2v) is 8.55. The molecule has 7 heteroatoms. The van der Waals surface area contributed by atoms with Crippen LogP contribution in [-0.2, 0) is 16.6 Å². The Hall–Kier alpha value is -0.330. The van der Waals surface area contributed by atoms with Crippen LogP contribution in [0.1, 0.15) is 25.8 Å². The van der Waals surface area contributed by atoms with E-state index in [4.69, 9.17) is 28.9 Å². The summed E-state index contributed by atoms with van der Waals surface area (Å²) < 4.78 is 26.9. The third kappa shape index (κ3) is 2.97. The fraction of sp³-hybridized carbons (Fsp3) is 0.538. The minimum absolute atomic E-state index is 0.0190. The lowest BCUT2D eigenvalue weighted by atomic mass is 9.93. The zero-order valence-corrected chi connectivity index (χ0v) is 13.8. The molecule has 0 aromatic heterocycles. The number of rotatable bonds is 3. The molecule has 1 heterocycles. The smallest absolute Gasteiger partial charge is 0.244 e. The van der Waals surface area contributed by atoms with Crippen LogP contribution >= 0.6 is 23.2 Å². The van der Waals surface area contributed by atoms with Crippen molar-refractivity contribution in [3.8, 4) is 0 Å². The number of halogens is 2. The molecule has 0 radical (unpaired) electrons. The summed E-state index contributed by atoms with van der Waals surface area (Å²) in [5.74, 6) is 0. The molecular weight excluding hydrogens is 319 g/mol. The predicted molar refractivity (Wildman–Crippen MR) is 81.5 cm³/mol. The monoisotopic (exact) mass is 336 g/mol. The Bertz CT molecular complexity index is 630. The van der Waals surface area contributed by atoms with Crippen molar-refractivity contribution < 1.29 is 8.42 Å². The lowest BCUT2D eigenvalue weighted by Gasteiger charge is -2.21. The average molecular weight is 337 g/mol. The summed E-state index contributed by atoms with van der Waals surface area (Å²) in [6, 6.07) is 2.99. The van der Waals surface area contributed by atoms with E-state index in [1.807, 2.05) is 13.8 Å². The number of nitrogens with zero attached hydrogens (tertiary/aromatic N) is 1. The standard InChI is InChI=1S/C13H18Cl2N2O2S/c1-13(2)3-4-17(8-13)20(18,19)11-6-10(14)5-9(7-16)12(11)15/h5-6H,3-4,7-8,16H2,1-2H3. The van der Waals surface area contributed by atoms with Gasteiger partial charge >= 0.3 is 0 Å². The van der Waals surface area contributed by atoms with E-state index in [9.17, 15) is 8.42 Å². The first kappa shape index (κ1) is 16.0. The first-order chi connectivity index (χ1) is 9.17. The largest absolute Gasteiger partial charge is 0.326 e. The summed E-state index contributed by atoms with van der Waals surface area (Å²) in [6.07, 6.45) is 0.828. The number of hydrogen-bond donors (Lipinski definition) is 1. The van der Waals surface area contributed by atoms with E-state index in [0.29, 0.717) is 23.7 Å². The van der Waals surface area contributed by atoms with Crippen LogP contribution in [0.2, 0.25) is 10.0 Å². The highest BCUT2D eigenvalue weighted by Gasteiger charge is 2.38. The van der Waals surface area contributed by atoms with Crippen molar-refractivity contribution in [3.63, 3.8) is 0 Å². The van der Waals surface area contributed by atoms with Gasteiger partial charge in [-0.25, -0.2) is 8.42 Å². The van der Waals surface area contributed by atoms with E-state index in [-0.39, 0.29) is 21.9 Å². The molecule has 0 atom stereocenters. The first-order valence-electron chi connectivity index (χ1n) is 6.35. The Morgan fingerprint density at radius 2 is 2.00 bits per heavy atom.